The predicted octanol–water partition coefficient (Wildman–Crippen LogP) is 2.96. The second-order valence-corrected chi connectivity index (χ2v) is 3.58. The Bertz CT molecular complexity index is 339. The van der Waals surface area contributed by atoms with Crippen LogP contribution in [-0.4, -0.2) is 26.1 Å². The smallest absolute Gasteiger partial charge is 0.153 e. The molecule has 0 atom stereocenters. The molecule has 0 N–H and O–H groups in total. The summed E-state index contributed by atoms with van der Waals surface area (Å²) in [6, 6.07) is 5.10. The molecule has 0 saturated heterocycles. The summed E-state index contributed by atoms with van der Waals surface area (Å²) in [5.74, 6) is 0.454. The van der Waals surface area contributed by atoms with Crippen molar-refractivity contribution in [1.29, 1.82) is 0 Å². The first kappa shape index (κ1) is 13.0. The highest BCUT2D eigenvalue weighted by Gasteiger charge is 2.06. The van der Waals surface area contributed by atoms with Crippen molar-refractivity contribution < 1.29 is 14.3 Å². The fourth-order valence-electron chi connectivity index (χ4n) is 1.25. The summed E-state index contributed by atoms with van der Waals surface area (Å²) in [6.07, 6.45) is 1.51. The van der Waals surface area contributed by atoms with Crippen LogP contribution in [0.2, 0.25) is 5.02 Å². The van der Waals surface area contributed by atoms with Gasteiger partial charge in [0.1, 0.15) is 5.75 Å². The molecule has 0 aliphatic heterocycles. The molecule has 88 valence electrons. The highest BCUT2D eigenvalue weighted by atomic mass is 35.5. The van der Waals surface area contributed by atoms with Crippen LogP contribution in [0.4, 0.5) is 0 Å². The van der Waals surface area contributed by atoms with Gasteiger partial charge in [-0.3, -0.25) is 4.79 Å². The van der Waals surface area contributed by atoms with Gasteiger partial charge in [-0.05, 0) is 19.1 Å². The quantitative estimate of drug-likeness (QED) is 0.545. The standard InChI is InChI=1S/C12H15ClO3/c1-2-15-7-4-8-16-12-10(9-14)5-3-6-11(12)13/h3,5-6,9H,2,4,7-8H2,1H3. The second-order valence-electron chi connectivity index (χ2n) is 3.17. The van der Waals surface area contributed by atoms with Crippen LogP contribution in [0.25, 0.3) is 0 Å². The maximum atomic E-state index is 10.8. The van der Waals surface area contributed by atoms with E-state index in [1.165, 1.54) is 0 Å². The fourth-order valence-corrected chi connectivity index (χ4v) is 1.49. The number of rotatable bonds is 7. The van der Waals surface area contributed by atoms with Gasteiger partial charge in [0, 0.05) is 19.6 Å². The highest BCUT2D eigenvalue weighted by molar-refractivity contribution is 6.32. The minimum Gasteiger partial charge on any atom is -0.491 e. The van der Waals surface area contributed by atoms with Crippen LogP contribution in [0.15, 0.2) is 18.2 Å². The summed E-state index contributed by atoms with van der Waals surface area (Å²) in [5, 5.41) is 0.459. The highest BCUT2D eigenvalue weighted by Crippen LogP contribution is 2.27. The molecule has 0 fully saturated rings. The number of hydrogen-bond donors (Lipinski definition) is 0. The van der Waals surface area contributed by atoms with Crippen molar-refractivity contribution in [2.45, 2.75) is 13.3 Å². The molecule has 0 unspecified atom stereocenters. The molecule has 0 spiro atoms. The molecule has 0 aliphatic carbocycles. The first-order valence-electron chi connectivity index (χ1n) is 5.23. The molecule has 0 radical (unpaired) electrons. The normalized spacial score (nSPS) is 10.1. The lowest BCUT2D eigenvalue weighted by atomic mass is 10.2. The predicted molar refractivity (Wildman–Crippen MR) is 63.4 cm³/mol. The van der Waals surface area contributed by atoms with Crippen LogP contribution < -0.4 is 4.74 Å². The van der Waals surface area contributed by atoms with Gasteiger partial charge in [-0.1, -0.05) is 17.7 Å². The van der Waals surface area contributed by atoms with E-state index in [-0.39, 0.29) is 0 Å². The lowest BCUT2D eigenvalue weighted by Gasteiger charge is -2.09. The third-order valence-electron chi connectivity index (χ3n) is 2.01. The molecule has 0 aliphatic rings. The van der Waals surface area contributed by atoms with Crippen LogP contribution in [-0.2, 0) is 4.74 Å². The minimum absolute atomic E-state index is 0.454. The van der Waals surface area contributed by atoms with E-state index in [9.17, 15) is 4.79 Å². The first-order valence-corrected chi connectivity index (χ1v) is 5.61. The van der Waals surface area contributed by atoms with Gasteiger partial charge in [0.2, 0.25) is 0 Å². The van der Waals surface area contributed by atoms with E-state index in [0.717, 1.165) is 12.7 Å². The molecule has 0 saturated carbocycles. The SMILES string of the molecule is CCOCCCOc1c(Cl)cccc1C=O. The number of hydrogen-bond acceptors (Lipinski definition) is 3. The van der Waals surface area contributed by atoms with Crippen molar-refractivity contribution in [2.75, 3.05) is 19.8 Å². The zero-order valence-corrected chi connectivity index (χ0v) is 10.00. The maximum absolute atomic E-state index is 10.8. The number of benzene rings is 1. The van der Waals surface area contributed by atoms with Crippen LogP contribution in [0.3, 0.4) is 0 Å². The van der Waals surface area contributed by atoms with Gasteiger partial charge in [-0.25, -0.2) is 0 Å². The van der Waals surface area contributed by atoms with Crippen molar-refractivity contribution in [3.05, 3.63) is 28.8 Å². The summed E-state index contributed by atoms with van der Waals surface area (Å²) in [4.78, 5) is 10.8. The average molecular weight is 243 g/mol. The molecular weight excluding hydrogens is 228 g/mol. The lowest BCUT2D eigenvalue weighted by Crippen LogP contribution is -2.04. The van der Waals surface area contributed by atoms with E-state index in [4.69, 9.17) is 21.1 Å². The molecular formula is C12H15ClO3. The van der Waals surface area contributed by atoms with Crippen LogP contribution in [0.1, 0.15) is 23.7 Å². The van der Waals surface area contributed by atoms with Crippen LogP contribution in [0.5, 0.6) is 5.75 Å². The average Bonchev–Trinajstić information content (AvgIpc) is 2.30. The summed E-state index contributed by atoms with van der Waals surface area (Å²) in [5.41, 5.74) is 0.476. The lowest BCUT2D eigenvalue weighted by molar-refractivity contribution is 0.111. The topological polar surface area (TPSA) is 35.5 Å². The first-order chi connectivity index (χ1) is 7.79. The van der Waals surface area contributed by atoms with E-state index in [1.54, 1.807) is 18.2 Å². The van der Waals surface area contributed by atoms with Crippen molar-refractivity contribution in [2.24, 2.45) is 0 Å². The van der Waals surface area contributed by atoms with Crippen molar-refractivity contribution >= 4 is 17.9 Å². The molecule has 0 bridgehead atoms. The number of para-hydroxylation sites is 1. The monoisotopic (exact) mass is 242 g/mol. The van der Waals surface area contributed by atoms with Gasteiger partial charge in [-0.15, -0.1) is 0 Å². The summed E-state index contributed by atoms with van der Waals surface area (Å²) >= 11 is 5.93. The summed E-state index contributed by atoms with van der Waals surface area (Å²) < 4.78 is 10.6. The molecule has 0 amide bonds. The Morgan fingerprint density at radius 1 is 1.38 bits per heavy atom. The summed E-state index contributed by atoms with van der Waals surface area (Å²) in [6.45, 7) is 3.78. The second kappa shape index (κ2) is 7.25. The van der Waals surface area contributed by atoms with E-state index in [1.807, 2.05) is 6.92 Å². The Hall–Kier alpha value is -1.06. The Balaban J connectivity index is 2.49. The fraction of sp³-hybridized carbons (Fsp3) is 0.417. The molecule has 16 heavy (non-hydrogen) atoms. The number of aldehydes is 1. The number of ether oxygens (including phenoxy) is 2. The molecule has 0 heterocycles. The van der Waals surface area contributed by atoms with Crippen molar-refractivity contribution in [3.63, 3.8) is 0 Å². The van der Waals surface area contributed by atoms with Crippen LogP contribution in [0, 0.1) is 0 Å². The Morgan fingerprint density at radius 2 is 2.19 bits per heavy atom. The zero-order chi connectivity index (χ0) is 11.8. The number of carbonyl (C=O) groups excluding carboxylic acids is 1. The number of halogens is 1. The Labute approximate surface area is 100 Å². The van der Waals surface area contributed by atoms with E-state index in [0.29, 0.717) is 36.2 Å². The largest absolute Gasteiger partial charge is 0.491 e. The zero-order valence-electron chi connectivity index (χ0n) is 9.24. The van der Waals surface area contributed by atoms with E-state index < -0.39 is 0 Å². The molecule has 4 heteroatoms. The Kier molecular flexibility index (Phi) is 5.90. The number of carbonyl (C=O) groups is 1. The van der Waals surface area contributed by atoms with Gasteiger partial charge in [0.15, 0.2) is 6.29 Å². The van der Waals surface area contributed by atoms with Gasteiger partial charge >= 0.3 is 0 Å². The minimum atomic E-state index is 0.454. The van der Waals surface area contributed by atoms with Crippen molar-refractivity contribution in [3.8, 4) is 5.75 Å². The van der Waals surface area contributed by atoms with E-state index in [2.05, 4.69) is 0 Å². The third-order valence-corrected chi connectivity index (χ3v) is 2.31. The van der Waals surface area contributed by atoms with Gasteiger partial charge < -0.3 is 9.47 Å². The molecule has 3 nitrogen and oxygen atoms in total. The molecule has 1 rings (SSSR count). The maximum Gasteiger partial charge on any atom is 0.153 e. The van der Waals surface area contributed by atoms with Crippen molar-refractivity contribution in [1.82, 2.24) is 0 Å². The van der Waals surface area contributed by atoms with Gasteiger partial charge in [-0.2, -0.15) is 0 Å². The van der Waals surface area contributed by atoms with Gasteiger partial charge in [0.05, 0.1) is 17.2 Å². The Morgan fingerprint density at radius 3 is 2.88 bits per heavy atom. The van der Waals surface area contributed by atoms with Crippen LogP contribution >= 0.6 is 11.6 Å². The molecule has 0 aromatic heterocycles. The van der Waals surface area contributed by atoms with E-state index >= 15 is 0 Å². The molecule has 1 aromatic carbocycles. The summed E-state index contributed by atoms with van der Waals surface area (Å²) in [7, 11) is 0. The molecule has 1 aromatic rings. The third kappa shape index (κ3) is 3.83. The van der Waals surface area contributed by atoms with Gasteiger partial charge in [0.25, 0.3) is 0 Å².